The Kier molecular flexibility index (Phi) is 7.24. The van der Waals surface area contributed by atoms with Crippen molar-refractivity contribution in [2.24, 2.45) is 5.92 Å². The van der Waals surface area contributed by atoms with Gasteiger partial charge < -0.3 is 15.1 Å². The third-order valence-electron chi connectivity index (χ3n) is 5.62. The van der Waals surface area contributed by atoms with Gasteiger partial charge in [-0.05, 0) is 74.5 Å². The van der Waals surface area contributed by atoms with Gasteiger partial charge in [-0.25, -0.2) is 0 Å². The molecule has 1 aromatic heterocycles. The molecule has 2 N–H and O–H groups in total. The second-order valence-electron chi connectivity index (χ2n) is 7.96. The number of hydrogen-bond donors (Lipinski definition) is 2. The van der Waals surface area contributed by atoms with Crippen molar-refractivity contribution in [2.45, 2.75) is 19.4 Å². The molecule has 4 rings (SSSR count). The molecule has 2 amide bonds. The lowest BCUT2D eigenvalue weighted by molar-refractivity contribution is -0.123. The molecule has 0 atom stereocenters. The van der Waals surface area contributed by atoms with Gasteiger partial charge in [0.25, 0.3) is 0 Å². The molecular formula is C25H26ClN3O3. The van der Waals surface area contributed by atoms with Gasteiger partial charge in [0.2, 0.25) is 11.8 Å². The molecule has 0 spiro atoms. The second kappa shape index (κ2) is 10.5. The second-order valence-corrected chi connectivity index (χ2v) is 8.39. The van der Waals surface area contributed by atoms with Crippen molar-refractivity contribution in [3.05, 3.63) is 77.5 Å². The molecule has 0 bridgehead atoms. The van der Waals surface area contributed by atoms with E-state index in [2.05, 4.69) is 15.5 Å². The first kappa shape index (κ1) is 22.1. The summed E-state index contributed by atoms with van der Waals surface area (Å²) in [5.41, 5.74) is 1.75. The Bertz CT molecular complexity index is 1040. The molecule has 0 aliphatic carbocycles. The summed E-state index contributed by atoms with van der Waals surface area (Å²) in [6.45, 7) is 2.10. The summed E-state index contributed by atoms with van der Waals surface area (Å²) < 4.78 is 5.82. The van der Waals surface area contributed by atoms with Gasteiger partial charge in [0.1, 0.15) is 11.5 Å². The lowest BCUT2D eigenvalue weighted by Gasteiger charge is -2.30. The van der Waals surface area contributed by atoms with Crippen LogP contribution in [0.25, 0.3) is 11.3 Å². The van der Waals surface area contributed by atoms with E-state index in [0.717, 1.165) is 42.9 Å². The van der Waals surface area contributed by atoms with Crippen molar-refractivity contribution in [3.63, 3.8) is 0 Å². The third-order valence-corrected chi connectivity index (χ3v) is 5.87. The minimum atomic E-state index is -0.0540. The molecule has 1 aliphatic rings. The Morgan fingerprint density at radius 3 is 2.41 bits per heavy atom. The Balaban J connectivity index is 1.19. The first-order valence-electron chi connectivity index (χ1n) is 10.8. The molecule has 32 heavy (non-hydrogen) atoms. The number of carbonyl (C=O) groups excluding carboxylic acids is 2. The predicted molar refractivity (Wildman–Crippen MR) is 125 cm³/mol. The normalized spacial score (nSPS) is 14.8. The van der Waals surface area contributed by atoms with E-state index in [1.54, 1.807) is 0 Å². The fourth-order valence-electron chi connectivity index (χ4n) is 3.81. The van der Waals surface area contributed by atoms with E-state index in [9.17, 15) is 9.59 Å². The van der Waals surface area contributed by atoms with Crippen molar-refractivity contribution in [1.82, 2.24) is 10.2 Å². The number of hydrogen-bond acceptors (Lipinski definition) is 4. The third kappa shape index (κ3) is 5.99. The van der Waals surface area contributed by atoms with Crippen molar-refractivity contribution in [1.29, 1.82) is 0 Å². The first-order chi connectivity index (χ1) is 15.6. The van der Waals surface area contributed by atoms with Crippen molar-refractivity contribution >= 4 is 29.1 Å². The van der Waals surface area contributed by atoms with Crippen LogP contribution in [0.2, 0.25) is 5.02 Å². The van der Waals surface area contributed by atoms with Gasteiger partial charge in [0.05, 0.1) is 13.1 Å². The van der Waals surface area contributed by atoms with Crippen molar-refractivity contribution < 1.29 is 14.0 Å². The number of benzene rings is 2. The van der Waals surface area contributed by atoms with E-state index >= 15 is 0 Å². The molecule has 1 saturated heterocycles. The zero-order valence-electron chi connectivity index (χ0n) is 17.7. The van der Waals surface area contributed by atoms with Crippen LogP contribution in [-0.2, 0) is 16.1 Å². The highest BCUT2D eigenvalue weighted by Gasteiger charge is 2.26. The Morgan fingerprint density at radius 2 is 1.69 bits per heavy atom. The van der Waals surface area contributed by atoms with E-state index in [4.69, 9.17) is 16.0 Å². The number of rotatable bonds is 7. The van der Waals surface area contributed by atoms with E-state index in [0.29, 0.717) is 23.9 Å². The van der Waals surface area contributed by atoms with Crippen molar-refractivity contribution in [2.75, 3.05) is 25.0 Å². The Morgan fingerprint density at radius 1 is 0.969 bits per heavy atom. The summed E-state index contributed by atoms with van der Waals surface area (Å²) in [4.78, 5) is 26.9. The average Bonchev–Trinajstić information content (AvgIpc) is 3.28. The number of nitrogens with one attached hydrogen (secondary N) is 2. The summed E-state index contributed by atoms with van der Waals surface area (Å²) in [7, 11) is 0. The number of anilines is 1. The number of furan rings is 1. The van der Waals surface area contributed by atoms with Crippen LogP contribution in [0.3, 0.4) is 0 Å². The topological polar surface area (TPSA) is 74.6 Å². The van der Waals surface area contributed by atoms with Crippen LogP contribution < -0.4 is 10.6 Å². The SMILES string of the molecule is O=C(CN1CCC(C(=O)Nc2ccccc2)CC1)NCc1ccc(-c2ccc(Cl)cc2)o1. The van der Waals surface area contributed by atoms with Gasteiger partial charge in [-0.1, -0.05) is 29.8 Å². The number of amides is 2. The largest absolute Gasteiger partial charge is 0.459 e. The summed E-state index contributed by atoms with van der Waals surface area (Å²) in [5, 5.41) is 6.56. The molecule has 166 valence electrons. The maximum Gasteiger partial charge on any atom is 0.234 e. The summed E-state index contributed by atoms with van der Waals surface area (Å²) >= 11 is 5.92. The number of halogens is 1. The van der Waals surface area contributed by atoms with Gasteiger partial charge >= 0.3 is 0 Å². The standard InChI is InChI=1S/C25H26ClN3O3/c26-20-8-6-18(7-9-20)23-11-10-22(32-23)16-27-24(30)17-29-14-12-19(13-15-29)25(31)28-21-4-2-1-3-5-21/h1-11,19H,12-17H2,(H,27,30)(H,28,31). The van der Waals surface area contributed by atoms with E-state index in [1.807, 2.05) is 66.7 Å². The maximum atomic E-state index is 12.5. The van der Waals surface area contributed by atoms with Gasteiger partial charge in [0, 0.05) is 22.2 Å². The first-order valence-corrected chi connectivity index (χ1v) is 11.1. The van der Waals surface area contributed by atoms with E-state index in [-0.39, 0.29) is 17.7 Å². The fourth-order valence-corrected chi connectivity index (χ4v) is 3.93. The van der Waals surface area contributed by atoms with Crippen molar-refractivity contribution in [3.8, 4) is 11.3 Å². The average molecular weight is 452 g/mol. The molecule has 0 unspecified atom stereocenters. The minimum Gasteiger partial charge on any atom is -0.459 e. The molecule has 2 heterocycles. The number of likely N-dealkylation sites (tertiary alicyclic amines) is 1. The molecule has 7 heteroatoms. The molecule has 1 aliphatic heterocycles. The highest BCUT2D eigenvalue weighted by atomic mass is 35.5. The zero-order valence-corrected chi connectivity index (χ0v) is 18.5. The molecule has 0 radical (unpaired) electrons. The lowest BCUT2D eigenvalue weighted by Crippen LogP contribution is -2.43. The fraction of sp³-hybridized carbons (Fsp3) is 0.280. The number of piperidine rings is 1. The van der Waals surface area contributed by atoms with Gasteiger partial charge in [-0.15, -0.1) is 0 Å². The van der Waals surface area contributed by atoms with Gasteiger partial charge in [-0.2, -0.15) is 0 Å². The number of para-hydroxylation sites is 1. The smallest absolute Gasteiger partial charge is 0.234 e. The van der Waals surface area contributed by atoms with Gasteiger partial charge in [-0.3, -0.25) is 14.5 Å². The molecule has 0 saturated carbocycles. The van der Waals surface area contributed by atoms with E-state index in [1.165, 1.54) is 0 Å². The quantitative estimate of drug-likeness (QED) is 0.552. The summed E-state index contributed by atoms with van der Waals surface area (Å²) in [6.07, 6.45) is 1.49. The van der Waals surface area contributed by atoms with Crippen LogP contribution in [0.15, 0.2) is 71.1 Å². The summed E-state index contributed by atoms with van der Waals surface area (Å²) in [6, 6.07) is 20.7. The molecule has 1 fully saturated rings. The monoisotopic (exact) mass is 451 g/mol. The number of carbonyl (C=O) groups is 2. The van der Waals surface area contributed by atoms with Crippen LogP contribution in [0.1, 0.15) is 18.6 Å². The van der Waals surface area contributed by atoms with Gasteiger partial charge in [0.15, 0.2) is 0 Å². The lowest BCUT2D eigenvalue weighted by atomic mass is 9.96. The Hall–Kier alpha value is -3.09. The highest BCUT2D eigenvalue weighted by molar-refractivity contribution is 6.30. The zero-order chi connectivity index (χ0) is 22.3. The van der Waals surface area contributed by atoms with Crippen LogP contribution in [0, 0.1) is 5.92 Å². The van der Waals surface area contributed by atoms with Crippen LogP contribution in [-0.4, -0.2) is 36.3 Å². The molecule has 6 nitrogen and oxygen atoms in total. The Labute approximate surface area is 192 Å². The molecule has 2 aromatic carbocycles. The minimum absolute atomic E-state index is 0.0241. The van der Waals surface area contributed by atoms with E-state index < -0.39 is 0 Å². The maximum absolute atomic E-state index is 12.5. The van der Waals surface area contributed by atoms with Crippen LogP contribution in [0.4, 0.5) is 5.69 Å². The summed E-state index contributed by atoms with van der Waals surface area (Å²) in [5.74, 6) is 1.40. The number of nitrogens with zero attached hydrogens (tertiary/aromatic N) is 1. The predicted octanol–water partition coefficient (Wildman–Crippen LogP) is 4.57. The van der Waals surface area contributed by atoms with Crippen LogP contribution in [0.5, 0.6) is 0 Å². The van der Waals surface area contributed by atoms with Crippen LogP contribution >= 0.6 is 11.6 Å². The molecular weight excluding hydrogens is 426 g/mol. The highest BCUT2D eigenvalue weighted by Crippen LogP contribution is 2.24. The molecule has 3 aromatic rings.